The SMILES string of the molecule is CCC1CCCN(c2ccc([N+](=O)[O-])cc2CCl)C1. The molecule has 4 nitrogen and oxygen atoms in total. The van der Waals surface area contributed by atoms with Crippen LogP contribution >= 0.6 is 11.6 Å². The molecule has 1 unspecified atom stereocenters. The minimum Gasteiger partial charge on any atom is -0.371 e. The third-order valence-electron chi connectivity index (χ3n) is 3.85. The number of non-ortho nitro benzene ring substituents is 1. The lowest BCUT2D eigenvalue weighted by Gasteiger charge is -2.35. The summed E-state index contributed by atoms with van der Waals surface area (Å²) >= 11 is 5.95. The highest BCUT2D eigenvalue weighted by molar-refractivity contribution is 6.17. The van der Waals surface area contributed by atoms with Crippen LogP contribution < -0.4 is 4.90 Å². The van der Waals surface area contributed by atoms with Gasteiger partial charge in [-0.1, -0.05) is 13.3 Å². The Labute approximate surface area is 118 Å². The van der Waals surface area contributed by atoms with Gasteiger partial charge >= 0.3 is 0 Å². The molecule has 0 aliphatic carbocycles. The van der Waals surface area contributed by atoms with Gasteiger partial charge < -0.3 is 4.90 Å². The molecular weight excluding hydrogens is 264 g/mol. The molecule has 0 aromatic heterocycles. The van der Waals surface area contributed by atoms with E-state index in [0.29, 0.717) is 11.8 Å². The van der Waals surface area contributed by atoms with Crippen molar-refractivity contribution in [3.8, 4) is 0 Å². The molecule has 1 heterocycles. The second-order valence-corrected chi connectivity index (χ2v) is 5.33. The summed E-state index contributed by atoms with van der Waals surface area (Å²) in [4.78, 5) is 12.8. The van der Waals surface area contributed by atoms with Crippen LogP contribution in [0.25, 0.3) is 0 Å². The van der Waals surface area contributed by atoms with Crippen LogP contribution in [0.1, 0.15) is 31.7 Å². The minimum absolute atomic E-state index is 0.114. The fourth-order valence-electron chi connectivity index (χ4n) is 2.72. The van der Waals surface area contributed by atoms with E-state index in [1.54, 1.807) is 12.1 Å². The van der Waals surface area contributed by atoms with Crippen molar-refractivity contribution in [3.63, 3.8) is 0 Å². The number of hydrogen-bond acceptors (Lipinski definition) is 3. The zero-order valence-corrected chi connectivity index (χ0v) is 11.9. The lowest BCUT2D eigenvalue weighted by atomic mass is 9.95. The molecule has 1 aliphatic heterocycles. The maximum absolute atomic E-state index is 10.8. The van der Waals surface area contributed by atoms with Crippen LogP contribution in [0.4, 0.5) is 11.4 Å². The highest BCUT2D eigenvalue weighted by Crippen LogP contribution is 2.31. The average Bonchev–Trinajstić information content (AvgIpc) is 2.46. The molecule has 0 saturated carbocycles. The minimum atomic E-state index is -0.370. The van der Waals surface area contributed by atoms with Gasteiger partial charge in [0.15, 0.2) is 0 Å². The van der Waals surface area contributed by atoms with Crippen LogP contribution in [-0.4, -0.2) is 18.0 Å². The van der Waals surface area contributed by atoms with Crippen LogP contribution in [-0.2, 0) is 5.88 Å². The van der Waals surface area contributed by atoms with E-state index in [1.165, 1.54) is 19.3 Å². The molecule has 1 aromatic rings. The Kier molecular flexibility index (Phi) is 4.64. The van der Waals surface area contributed by atoms with Gasteiger partial charge in [-0.15, -0.1) is 11.6 Å². The number of rotatable bonds is 4. The Morgan fingerprint density at radius 1 is 1.53 bits per heavy atom. The molecule has 19 heavy (non-hydrogen) atoms. The van der Waals surface area contributed by atoms with Crippen molar-refractivity contribution in [1.29, 1.82) is 0 Å². The number of nitrogens with zero attached hydrogens (tertiary/aromatic N) is 2. The predicted octanol–water partition coefficient (Wildman–Crippen LogP) is 3.96. The van der Waals surface area contributed by atoms with Gasteiger partial charge in [-0.25, -0.2) is 0 Å². The van der Waals surface area contributed by atoms with Crippen molar-refractivity contribution in [2.45, 2.75) is 32.1 Å². The molecule has 1 fully saturated rings. The molecule has 0 amide bonds. The second-order valence-electron chi connectivity index (χ2n) is 5.07. The molecule has 1 aliphatic rings. The summed E-state index contributed by atoms with van der Waals surface area (Å²) in [5.74, 6) is 1.02. The van der Waals surface area contributed by atoms with Gasteiger partial charge in [-0.2, -0.15) is 0 Å². The number of nitro benzene ring substituents is 1. The van der Waals surface area contributed by atoms with E-state index in [9.17, 15) is 10.1 Å². The van der Waals surface area contributed by atoms with Crippen molar-refractivity contribution in [1.82, 2.24) is 0 Å². The largest absolute Gasteiger partial charge is 0.371 e. The maximum atomic E-state index is 10.8. The first-order valence-electron chi connectivity index (χ1n) is 6.74. The molecule has 1 aromatic carbocycles. The second kappa shape index (κ2) is 6.24. The van der Waals surface area contributed by atoms with Crippen molar-refractivity contribution in [3.05, 3.63) is 33.9 Å². The van der Waals surface area contributed by atoms with Crippen molar-refractivity contribution in [2.75, 3.05) is 18.0 Å². The topological polar surface area (TPSA) is 46.4 Å². The number of halogens is 1. The van der Waals surface area contributed by atoms with Crippen LogP contribution in [0, 0.1) is 16.0 Å². The Hall–Kier alpha value is -1.29. The fourth-order valence-corrected chi connectivity index (χ4v) is 2.93. The van der Waals surface area contributed by atoms with E-state index in [1.807, 2.05) is 6.07 Å². The normalized spacial score (nSPS) is 19.5. The number of benzene rings is 1. The van der Waals surface area contributed by atoms with Gasteiger partial charge in [0.25, 0.3) is 5.69 Å². The predicted molar refractivity (Wildman–Crippen MR) is 77.9 cm³/mol. The van der Waals surface area contributed by atoms with E-state index in [2.05, 4.69) is 11.8 Å². The maximum Gasteiger partial charge on any atom is 0.269 e. The van der Waals surface area contributed by atoms with Gasteiger partial charge in [0, 0.05) is 36.8 Å². The monoisotopic (exact) mass is 282 g/mol. The molecule has 0 bridgehead atoms. The highest BCUT2D eigenvalue weighted by Gasteiger charge is 2.21. The molecular formula is C14H19ClN2O2. The Morgan fingerprint density at radius 3 is 2.95 bits per heavy atom. The Morgan fingerprint density at radius 2 is 2.32 bits per heavy atom. The van der Waals surface area contributed by atoms with E-state index < -0.39 is 0 Å². The summed E-state index contributed by atoms with van der Waals surface area (Å²) in [6, 6.07) is 5.01. The van der Waals surface area contributed by atoms with E-state index in [4.69, 9.17) is 11.6 Å². The van der Waals surface area contributed by atoms with E-state index in [0.717, 1.165) is 24.3 Å². The Balaban J connectivity index is 2.26. The molecule has 0 radical (unpaired) electrons. The lowest BCUT2D eigenvalue weighted by Crippen LogP contribution is -2.35. The smallest absolute Gasteiger partial charge is 0.269 e. The van der Waals surface area contributed by atoms with Crippen LogP contribution in [0.2, 0.25) is 0 Å². The number of anilines is 1. The average molecular weight is 283 g/mol. The highest BCUT2D eigenvalue weighted by atomic mass is 35.5. The van der Waals surface area contributed by atoms with Crippen LogP contribution in [0.3, 0.4) is 0 Å². The first kappa shape index (κ1) is 14.1. The quantitative estimate of drug-likeness (QED) is 0.477. The number of hydrogen-bond donors (Lipinski definition) is 0. The van der Waals surface area contributed by atoms with Crippen LogP contribution in [0.5, 0.6) is 0 Å². The lowest BCUT2D eigenvalue weighted by molar-refractivity contribution is -0.384. The van der Waals surface area contributed by atoms with Crippen molar-refractivity contribution >= 4 is 23.0 Å². The standard InChI is InChI=1S/C14H19ClN2O2/c1-2-11-4-3-7-16(10-11)14-6-5-13(17(18)19)8-12(14)9-15/h5-6,8,11H,2-4,7,9-10H2,1H3. The molecule has 1 atom stereocenters. The van der Waals surface area contributed by atoms with Crippen LogP contribution in [0.15, 0.2) is 18.2 Å². The zero-order valence-electron chi connectivity index (χ0n) is 11.1. The summed E-state index contributed by atoms with van der Waals surface area (Å²) in [5.41, 5.74) is 2.02. The first-order valence-corrected chi connectivity index (χ1v) is 7.27. The van der Waals surface area contributed by atoms with Gasteiger partial charge in [0.2, 0.25) is 0 Å². The van der Waals surface area contributed by atoms with E-state index in [-0.39, 0.29) is 10.6 Å². The molecule has 104 valence electrons. The van der Waals surface area contributed by atoms with Gasteiger partial charge in [0.1, 0.15) is 0 Å². The molecule has 0 spiro atoms. The van der Waals surface area contributed by atoms with E-state index >= 15 is 0 Å². The van der Waals surface area contributed by atoms with Gasteiger partial charge in [-0.05, 0) is 30.4 Å². The molecule has 0 N–H and O–H groups in total. The van der Waals surface area contributed by atoms with Crippen molar-refractivity contribution < 1.29 is 4.92 Å². The fraction of sp³-hybridized carbons (Fsp3) is 0.571. The summed E-state index contributed by atoms with van der Waals surface area (Å²) in [6.07, 6.45) is 3.63. The zero-order chi connectivity index (χ0) is 13.8. The van der Waals surface area contributed by atoms with Gasteiger partial charge in [-0.3, -0.25) is 10.1 Å². The first-order chi connectivity index (χ1) is 9.15. The summed E-state index contributed by atoms with van der Waals surface area (Å²) in [6.45, 7) is 4.25. The number of piperidine rings is 1. The molecule has 5 heteroatoms. The molecule has 2 rings (SSSR count). The third-order valence-corrected chi connectivity index (χ3v) is 4.14. The third kappa shape index (κ3) is 3.18. The number of nitro groups is 1. The molecule has 1 saturated heterocycles. The summed E-state index contributed by atoms with van der Waals surface area (Å²) in [5, 5.41) is 10.8. The summed E-state index contributed by atoms with van der Waals surface area (Å²) < 4.78 is 0. The number of alkyl halides is 1. The van der Waals surface area contributed by atoms with Gasteiger partial charge in [0.05, 0.1) is 4.92 Å². The summed E-state index contributed by atoms with van der Waals surface area (Å²) in [7, 11) is 0. The Bertz CT molecular complexity index is 465. The van der Waals surface area contributed by atoms with Crippen molar-refractivity contribution in [2.24, 2.45) is 5.92 Å².